The van der Waals surface area contributed by atoms with Gasteiger partial charge in [-0.15, -0.1) is 0 Å². The fourth-order valence-electron chi connectivity index (χ4n) is 4.61. The molecule has 1 saturated carbocycles. The average Bonchev–Trinajstić information content (AvgIpc) is 3.79. The molecule has 1 atom stereocenters. The SMILES string of the molecule is Cc1noc(-c2ccc(-c3ccc(C(C)OC(=O)C4CC4)cc3)cc2)c1Nc1cccc(-c2cc(F)ccc2Cl)n1. The quantitative estimate of drug-likeness (QED) is 0.189. The number of pyridine rings is 1. The molecular weight excluding hydrogens is 541 g/mol. The van der Waals surface area contributed by atoms with E-state index in [4.69, 9.17) is 20.9 Å². The van der Waals surface area contributed by atoms with E-state index in [0.717, 1.165) is 35.1 Å². The van der Waals surface area contributed by atoms with Crippen molar-refractivity contribution in [3.8, 4) is 33.7 Å². The highest BCUT2D eigenvalue weighted by atomic mass is 35.5. The van der Waals surface area contributed by atoms with Crippen LogP contribution in [0.15, 0.2) is 89.5 Å². The number of hydrogen-bond acceptors (Lipinski definition) is 6. The molecule has 0 radical (unpaired) electrons. The van der Waals surface area contributed by atoms with Crippen molar-refractivity contribution < 1.29 is 18.4 Å². The molecule has 1 aliphatic carbocycles. The van der Waals surface area contributed by atoms with Gasteiger partial charge in [-0.3, -0.25) is 4.79 Å². The normalized spacial score (nSPS) is 13.6. The fraction of sp³-hybridized carbons (Fsp3) is 0.182. The van der Waals surface area contributed by atoms with Gasteiger partial charge >= 0.3 is 5.97 Å². The molecule has 2 aromatic heterocycles. The highest BCUT2D eigenvalue weighted by molar-refractivity contribution is 6.33. The molecule has 206 valence electrons. The van der Waals surface area contributed by atoms with Crippen molar-refractivity contribution in [2.24, 2.45) is 5.92 Å². The molecule has 0 aliphatic heterocycles. The minimum Gasteiger partial charge on any atom is -0.458 e. The average molecular weight is 568 g/mol. The van der Waals surface area contributed by atoms with Crippen molar-refractivity contribution >= 4 is 29.1 Å². The largest absolute Gasteiger partial charge is 0.458 e. The third-order valence-corrected chi connectivity index (χ3v) is 7.46. The van der Waals surface area contributed by atoms with Gasteiger partial charge in [-0.1, -0.05) is 71.4 Å². The molecule has 1 fully saturated rings. The van der Waals surface area contributed by atoms with E-state index in [2.05, 4.69) is 15.5 Å². The maximum atomic E-state index is 13.8. The van der Waals surface area contributed by atoms with Crippen LogP contribution in [-0.4, -0.2) is 16.1 Å². The predicted octanol–water partition coefficient (Wildman–Crippen LogP) is 8.93. The number of nitrogens with zero attached hydrogens (tertiary/aromatic N) is 2. The number of esters is 1. The molecular formula is C33H27ClFN3O3. The number of halogens is 2. The van der Waals surface area contributed by atoms with Crippen LogP contribution in [0.3, 0.4) is 0 Å². The molecule has 1 unspecified atom stereocenters. The van der Waals surface area contributed by atoms with E-state index in [1.807, 2.05) is 74.5 Å². The summed E-state index contributed by atoms with van der Waals surface area (Å²) in [4.78, 5) is 16.6. The van der Waals surface area contributed by atoms with E-state index < -0.39 is 0 Å². The molecule has 0 amide bonds. The minimum atomic E-state index is -0.384. The smallest absolute Gasteiger partial charge is 0.309 e. The van der Waals surface area contributed by atoms with Crippen LogP contribution in [0, 0.1) is 18.7 Å². The Bertz CT molecular complexity index is 1710. The maximum absolute atomic E-state index is 13.8. The summed E-state index contributed by atoms with van der Waals surface area (Å²) in [5.41, 5.74) is 6.30. The Labute approximate surface area is 242 Å². The van der Waals surface area contributed by atoms with Crippen molar-refractivity contribution in [1.29, 1.82) is 0 Å². The maximum Gasteiger partial charge on any atom is 0.309 e. The van der Waals surface area contributed by atoms with Crippen LogP contribution in [0.25, 0.3) is 33.7 Å². The van der Waals surface area contributed by atoms with E-state index in [0.29, 0.717) is 39.2 Å². The van der Waals surface area contributed by atoms with E-state index >= 15 is 0 Å². The zero-order valence-corrected chi connectivity index (χ0v) is 23.3. The van der Waals surface area contributed by atoms with Crippen molar-refractivity contribution in [2.45, 2.75) is 32.8 Å². The first-order valence-corrected chi connectivity index (χ1v) is 13.8. The molecule has 5 aromatic rings. The molecule has 1 N–H and O–H groups in total. The molecule has 0 bridgehead atoms. The Hall–Kier alpha value is -4.49. The van der Waals surface area contributed by atoms with Gasteiger partial charge in [0.1, 0.15) is 29.1 Å². The van der Waals surface area contributed by atoms with Gasteiger partial charge < -0.3 is 14.6 Å². The lowest BCUT2D eigenvalue weighted by molar-refractivity contribution is -0.150. The molecule has 41 heavy (non-hydrogen) atoms. The molecule has 3 aromatic carbocycles. The van der Waals surface area contributed by atoms with Crippen LogP contribution in [0.2, 0.25) is 5.02 Å². The molecule has 8 heteroatoms. The van der Waals surface area contributed by atoms with Gasteiger partial charge in [0.15, 0.2) is 5.76 Å². The van der Waals surface area contributed by atoms with Gasteiger partial charge in [-0.2, -0.15) is 0 Å². The van der Waals surface area contributed by atoms with Crippen molar-refractivity contribution in [1.82, 2.24) is 10.1 Å². The van der Waals surface area contributed by atoms with Gasteiger partial charge in [0.05, 0.1) is 16.6 Å². The molecule has 2 heterocycles. The number of aromatic nitrogens is 2. The second-order valence-electron chi connectivity index (χ2n) is 10.2. The zero-order valence-electron chi connectivity index (χ0n) is 22.5. The molecule has 6 nitrogen and oxygen atoms in total. The van der Waals surface area contributed by atoms with Crippen LogP contribution >= 0.6 is 11.6 Å². The van der Waals surface area contributed by atoms with Gasteiger partial charge in [-0.25, -0.2) is 9.37 Å². The predicted molar refractivity (Wildman–Crippen MR) is 157 cm³/mol. The highest BCUT2D eigenvalue weighted by Gasteiger charge is 2.32. The van der Waals surface area contributed by atoms with Crippen LogP contribution in [-0.2, 0) is 9.53 Å². The summed E-state index contributed by atoms with van der Waals surface area (Å²) in [7, 11) is 0. The Kier molecular flexibility index (Phi) is 7.28. The number of aryl methyl sites for hydroxylation is 1. The van der Waals surface area contributed by atoms with Gasteiger partial charge in [-0.05, 0) is 73.7 Å². The van der Waals surface area contributed by atoms with Crippen LogP contribution in [0.4, 0.5) is 15.9 Å². The van der Waals surface area contributed by atoms with Crippen LogP contribution in [0.1, 0.15) is 37.1 Å². The lowest BCUT2D eigenvalue weighted by Gasteiger charge is -2.14. The Balaban J connectivity index is 1.19. The van der Waals surface area contributed by atoms with Gasteiger partial charge in [0.2, 0.25) is 0 Å². The monoisotopic (exact) mass is 567 g/mol. The third kappa shape index (κ3) is 5.86. The number of carbonyl (C=O) groups is 1. The number of ether oxygens (including phenoxy) is 1. The van der Waals surface area contributed by atoms with Crippen LogP contribution in [0.5, 0.6) is 0 Å². The van der Waals surface area contributed by atoms with E-state index in [-0.39, 0.29) is 23.8 Å². The lowest BCUT2D eigenvalue weighted by Crippen LogP contribution is -2.10. The van der Waals surface area contributed by atoms with Crippen LogP contribution < -0.4 is 5.32 Å². The zero-order chi connectivity index (χ0) is 28.5. The fourth-order valence-corrected chi connectivity index (χ4v) is 4.82. The number of hydrogen-bond donors (Lipinski definition) is 1. The van der Waals surface area contributed by atoms with Gasteiger partial charge in [0, 0.05) is 11.1 Å². The summed E-state index contributed by atoms with van der Waals surface area (Å²) >= 11 is 6.30. The number of carbonyl (C=O) groups excluding carboxylic acids is 1. The molecule has 0 saturated heterocycles. The summed E-state index contributed by atoms with van der Waals surface area (Å²) in [6.45, 7) is 3.75. The van der Waals surface area contributed by atoms with Gasteiger partial charge in [0.25, 0.3) is 0 Å². The third-order valence-electron chi connectivity index (χ3n) is 7.13. The number of benzene rings is 3. The molecule has 1 aliphatic rings. The Morgan fingerprint density at radius 1 is 1.00 bits per heavy atom. The summed E-state index contributed by atoms with van der Waals surface area (Å²) in [6.07, 6.45) is 1.59. The van der Waals surface area contributed by atoms with E-state index in [1.165, 1.54) is 18.2 Å². The minimum absolute atomic E-state index is 0.0832. The van der Waals surface area contributed by atoms with Crippen molar-refractivity contribution in [3.63, 3.8) is 0 Å². The summed E-state index contributed by atoms with van der Waals surface area (Å²) in [6, 6.07) is 25.7. The molecule has 6 rings (SSSR count). The van der Waals surface area contributed by atoms with E-state index in [1.54, 1.807) is 6.07 Å². The number of anilines is 2. The first-order valence-electron chi connectivity index (χ1n) is 13.4. The van der Waals surface area contributed by atoms with Crippen molar-refractivity contribution in [2.75, 3.05) is 5.32 Å². The lowest BCUT2D eigenvalue weighted by atomic mass is 10.0. The first-order chi connectivity index (χ1) is 19.9. The van der Waals surface area contributed by atoms with Crippen molar-refractivity contribution in [3.05, 3.63) is 107 Å². The molecule has 0 spiro atoms. The standard InChI is InChI=1S/C33H27ClFN3O3/c1-19-31(37-30-5-3-4-29(36-30)27-18-26(35)16-17-28(27)34)32(41-38-19)24-12-10-23(11-13-24)22-8-6-21(7-9-22)20(2)40-33(39)25-14-15-25/h3-13,16-18,20,25H,14-15H2,1-2H3,(H,36,37). The van der Waals surface area contributed by atoms with E-state index in [9.17, 15) is 9.18 Å². The number of nitrogens with one attached hydrogen (secondary N) is 1. The topological polar surface area (TPSA) is 77.2 Å². The second kappa shape index (κ2) is 11.2. The number of rotatable bonds is 8. The Morgan fingerprint density at radius 2 is 1.68 bits per heavy atom. The first kappa shape index (κ1) is 26.7. The Morgan fingerprint density at radius 3 is 2.39 bits per heavy atom. The second-order valence-corrected chi connectivity index (χ2v) is 10.6. The summed E-state index contributed by atoms with van der Waals surface area (Å²) in [5.74, 6) is 0.717. The summed E-state index contributed by atoms with van der Waals surface area (Å²) in [5, 5.41) is 7.89. The summed E-state index contributed by atoms with van der Waals surface area (Å²) < 4.78 is 25.1. The highest BCUT2D eigenvalue weighted by Crippen LogP contribution is 2.36.